The summed E-state index contributed by atoms with van der Waals surface area (Å²) in [6.07, 6.45) is 7.07. The standard InChI is InChI=1S/C18H36N2O/c1-5-19-17-10-9-15(14(3)4)12-18(17)20(6-2)13-16-8-7-11-21-16/h14-19H,5-13H2,1-4H3. The van der Waals surface area contributed by atoms with E-state index in [1.54, 1.807) is 0 Å². The molecule has 1 heterocycles. The highest BCUT2D eigenvalue weighted by Gasteiger charge is 2.35. The van der Waals surface area contributed by atoms with Crippen molar-refractivity contribution in [2.75, 3.05) is 26.2 Å². The number of hydrogen-bond acceptors (Lipinski definition) is 3. The molecule has 4 unspecified atom stereocenters. The van der Waals surface area contributed by atoms with E-state index < -0.39 is 0 Å². The Bertz CT molecular complexity index is 289. The third-order valence-corrected chi connectivity index (χ3v) is 5.60. The Kier molecular flexibility index (Phi) is 6.97. The maximum Gasteiger partial charge on any atom is 0.0702 e. The van der Waals surface area contributed by atoms with Crippen molar-refractivity contribution in [2.45, 2.75) is 78.0 Å². The van der Waals surface area contributed by atoms with Gasteiger partial charge in [-0.1, -0.05) is 27.7 Å². The fourth-order valence-corrected chi connectivity index (χ4v) is 4.24. The Morgan fingerprint density at radius 3 is 2.57 bits per heavy atom. The number of nitrogens with zero attached hydrogens (tertiary/aromatic N) is 1. The van der Waals surface area contributed by atoms with Crippen LogP contribution in [0, 0.1) is 11.8 Å². The summed E-state index contributed by atoms with van der Waals surface area (Å²) in [5.74, 6) is 1.71. The summed E-state index contributed by atoms with van der Waals surface area (Å²) in [6, 6.07) is 1.37. The summed E-state index contributed by atoms with van der Waals surface area (Å²) in [7, 11) is 0. The van der Waals surface area contributed by atoms with Gasteiger partial charge in [-0.15, -0.1) is 0 Å². The van der Waals surface area contributed by atoms with Gasteiger partial charge in [-0.05, 0) is 57.0 Å². The number of ether oxygens (including phenoxy) is 1. The highest BCUT2D eigenvalue weighted by atomic mass is 16.5. The van der Waals surface area contributed by atoms with E-state index in [9.17, 15) is 0 Å². The van der Waals surface area contributed by atoms with Crippen LogP contribution in [0.3, 0.4) is 0 Å². The smallest absolute Gasteiger partial charge is 0.0702 e. The zero-order chi connectivity index (χ0) is 15.2. The molecule has 4 atom stereocenters. The second kappa shape index (κ2) is 8.50. The first-order valence-electron chi connectivity index (χ1n) is 9.24. The van der Waals surface area contributed by atoms with Crippen LogP contribution in [0.15, 0.2) is 0 Å². The third kappa shape index (κ3) is 4.67. The molecule has 0 aromatic heterocycles. The average Bonchev–Trinajstić information content (AvgIpc) is 2.98. The fraction of sp³-hybridized carbons (Fsp3) is 1.00. The van der Waals surface area contributed by atoms with Gasteiger partial charge in [0.05, 0.1) is 6.10 Å². The topological polar surface area (TPSA) is 24.5 Å². The van der Waals surface area contributed by atoms with E-state index >= 15 is 0 Å². The molecule has 1 saturated heterocycles. The molecule has 1 N–H and O–H groups in total. The molecule has 0 radical (unpaired) electrons. The van der Waals surface area contributed by atoms with Crippen molar-refractivity contribution in [3.63, 3.8) is 0 Å². The predicted octanol–water partition coefficient (Wildman–Crippen LogP) is 3.29. The molecule has 0 aromatic rings. The Morgan fingerprint density at radius 2 is 2.00 bits per heavy atom. The Labute approximate surface area is 131 Å². The zero-order valence-electron chi connectivity index (χ0n) is 14.6. The monoisotopic (exact) mass is 296 g/mol. The molecule has 1 aliphatic heterocycles. The molecular weight excluding hydrogens is 260 g/mol. The summed E-state index contributed by atoms with van der Waals surface area (Å²) in [5, 5.41) is 3.75. The van der Waals surface area contributed by atoms with Gasteiger partial charge in [0.1, 0.15) is 0 Å². The molecule has 21 heavy (non-hydrogen) atoms. The van der Waals surface area contributed by atoms with Crippen molar-refractivity contribution >= 4 is 0 Å². The quantitative estimate of drug-likeness (QED) is 0.780. The summed E-state index contributed by atoms with van der Waals surface area (Å²) in [6.45, 7) is 13.7. The molecule has 0 amide bonds. The normalized spacial score (nSPS) is 34.0. The number of hydrogen-bond donors (Lipinski definition) is 1. The van der Waals surface area contributed by atoms with Crippen molar-refractivity contribution < 1.29 is 4.74 Å². The van der Waals surface area contributed by atoms with Gasteiger partial charge in [-0.2, -0.15) is 0 Å². The molecule has 1 saturated carbocycles. The number of rotatable bonds is 7. The second-order valence-electron chi connectivity index (χ2n) is 7.27. The van der Waals surface area contributed by atoms with Gasteiger partial charge < -0.3 is 10.1 Å². The summed E-state index contributed by atoms with van der Waals surface area (Å²) >= 11 is 0. The Hall–Kier alpha value is -0.120. The van der Waals surface area contributed by atoms with E-state index in [0.29, 0.717) is 18.2 Å². The minimum Gasteiger partial charge on any atom is -0.377 e. The highest BCUT2D eigenvalue weighted by Crippen LogP contribution is 2.33. The third-order valence-electron chi connectivity index (χ3n) is 5.60. The summed E-state index contributed by atoms with van der Waals surface area (Å²) in [5.41, 5.74) is 0. The Balaban J connectivity index is 2.00. The van der Waals surface area contributed by atoms with E-state index in [1.165, 1.54) is 32.1 Å². The van der Waals surface area contributed by atoms with Crippen molar-refractivity contribution in [3.8, 4) is 0 Å². The lowest BCUT2D eigenvalue weighted by molar-refractivity contribution is 0.0290. The first kappa shape index (κ1) is 17.2. The van der Waals surface area contributed by atoms with Gasteiger partial charge in [-0.25, -0.2) is 0 Å². The van der Waals surface area contributed by atoms with Crippen LogP contribution in [0.1, 0.15) is 59.8 Å². The minimum absolute atomic E-state index is 0.478. The molecular formula is C18H36N2O. The molecule has 2 rings (SSSR count). The Morgan fingerprint density at radius 1 is 1.19 bits per heavy atom. The predicted molar refractivity (Wildman–Crippen MR) is 89.7 cm³/mol. The molecule has 2 aliphatic rings. The minimum atomic E-state index is 0.478. The molecule has 3 nitrogen and oxygen atoms in total. The molecule has 0 bridgehead atoms. The van der Waals surface area contributed by atoms with Crippen LogP contribution < -0.4 is 5.32 Å². The van der Waals surface area contributed by atoms with Crippen LogP contribution in [-0.4, -0.2) is 49.3 Å². The van der Waals surface area contributed by atoms with Crippen LogP contribution in [0.4, 0.5) is 0 Å². The van der Waals surface area contributed by atoms with Crippen molar-refractivity contribution in [1.82, 2.24) is 10.2 Å². The lowest BCUT2D eigenvalue weighted by Crippen LogP contribution is -2.55. The van der Waals surface area contributed by atoms with Crippen LogP contribution in [0.5, 0.6) is 0 Å². The molecule has 0 spiro atoms. The maximum atomic E-state index is 5.88. The lowest BCUT2D eigenvalue weighted by atomic mass is 9.76. The van der Waals surface area contributed by atoms with Gasteiger partial charge in [0.2, 0.25) is 0 Å². The van der Waals surface area contributed by atoms with Gasteiger partial charge in [0.25, 0.3) is 0 Å². The second-order valence-corrected chi connectivity index (χ2v) is 7.27. The maximum absolute atomic E-state index is 5.88. The van der Waals surface area contributed by atoms with E-state index in [1.807, 2.05) is 0 Å². The van der Waals surface area contributed by atoms with Crippen LogP contribution in [0.25, 0.3) is 0 Å². The summed E-state index contributed by atoms with van der Waals surface area (Å²) < 4.78 is 5.88. The molecule has 124 valence electrons. The van der Waals surface area contributed by atoms with E-state index in [-0.39, 0.29) is 0 Å². The molecule has 3 heteroatoms. The zero-order valence-corrected chi connectivity index (χ0v) is 14.6. The first-order chi connectivity index (χ1) is 10.2. The first-order valence-corrected chi connectivity index (χ1v) is 9.24. The summed E-state index contributed by atoms with van der Waals surface area (Å²) in [4.78, 5) is 2.71. The van der Waals surface area contributed by atoms with Crippen molar-refractivity contribution in [1.29, 1.82) is 0 Å². The largest absolute Gasteiger partial charge is 0.377 e. The van der Waals surface area contributed by atoms with E-state index in [0.717, 1.165) is 38.1 Å². The fourth-order valence-electron chi connectivity index (χ4n) is 4.24. The van der Waals surface area contributed by atoms with E-state index in [4.69, 9.17) is 4.74 Å². The SMILES string of the molecule is CCNC1CCC(C(C)C)CC1N(CC)CC1CCCO1. The van der Waals surface area contributed by atoms with Crippen LogP contribution >= 0.6 is 0 Å². The van der Waals surface area contributed by atoms with Crippen LogP contribution in [-0.2, 0) is 4.74 Å². The van der Waals surface area contributed by atoms with Gasteiger partial charge in [0.15, 0.2) is 0 Å². The van der Waals surface area contributed by atoms with Crippen molar-refractivity contribution in [2.24, 2.45) is 11.8 Å². The van der Waals surface area contributed by atoms with Crippen molar-refractivity contribution in [3.05, 3.63) is 0 Å². The average molecular weight is 296 g/mol. The van der Waals surface area contributed by atoms with E-state index in [2.05, 4.69) is 37.9 Å². The lowest BCUT2D eigenvalue weighted by Gasteiger charge is -2.44. The molecule has 0 aromatic carbocycles. The highest BCUT2D eigenvalue weighted by molar-refractivity contribution is 4.92. The van der Waals surface area contributed by atoms with Gasteiger partial charge in [-0.3, -0.25) is 4.90 Å². The number of likely N-dealkylation sites (N-methyl/N-ethyl adjacent to an activating group) is 2. The van der Waals surface area contributed by atoms with Gasteiger partial charge in [0, 0.05) is 25.2 Å². The van der Waals surface area contributed by atoms with Crippen LogP contribution in [0.2, 0.25) is 0 Å². The van der Waals surface area contributed by atoms with Gasteiger partial charge >= 0.3 is 0 Å². The molecule has 2 fully saturated rings. The number of nitrogens with one attached hydrogen (secondary N) is 1. The molecule has 1 aliphatic carbocycles.